The lowest BCUT2D eigenvalue weighted by Crippen LogP contribution is -2.39. The van der Waals surface area contributed by atoms with Gasteiger partial charge in [0.15, 0.2) is 0 Å². The van der Waals surface area contributed by atoms with Gasteiger partial charge in [-0.2, -0.15) is 11.8 Å². The molecule has 84 valence electrons. The Kier molecular flexibility index (Phi) is 5.22. The minimum absolute atomic E-state index is 0.259. The van der Waals surface area contributed by atoms with Crippen molar-refractivity contribution < 1.29 is 8.42 Å². The van der Waals surface area contributed by atoms with Gasteiger partial charge < -0.3 is 5.73 Å². The van der Waals surface area contributed by atoms with Crippen LogP contribution < -0.4 is 5.73 Å². The molecule has 0 unspecified atom stereocenters. The van der Waals surface area contributed by atoms with Gasteiger partial charge in [-0.1, -0.05) is 0 Å². The summed E-state index contributed by atoms with van der Waals surface area (Å²) in [7, 11) is -2.99. The Labute approximate surface area is 90.3 Å². The molecule has 1 fully saturated rings. The Morgan fingerprint density at radius 1 is 1.21 bits per heavy atom. The van der Waals surface area contributed by atoms with E-state index in [1.54, 1.807) is 4.31 Å². The summed E-state index contributed by atoms with van der Waals surface area (Å²) >= 11 is 1.82. The SMILES string of the molecule is NCCCCS(=O)(=O)N1CCSCC1. The molecular formula is C8H18N2O2S2. The van der Waals surface area contributed by atoms with Gasteiger partial charge in [-0.05, 0) is 19.4 Å². The first kappa shape index (κ1) is 12.3. The zero-order chi connectivity index (χ0) is 10.4. The Morgan fingerprint density at radius 2 is 1.86 bits per heavy atom. The Morgan fingerprint density at radius 3 is 2.43 bits per heavy atom. The highest BCUT2D eigenvalue weighted by Crippen LogP contribution is 2.14. The van der Waals surface area contributed by atoms with E-state index in [4.69, 9.17) is 5.73 Å². The molecule has 0 saturated carbocycles. The van der Waals surface area contributed by atoms with Crippen LogP contribution in [0.4, 0.5) is 0 Å². The first-order chi connectivity index (χ1) is 6.67. The maximum absolute atomic E-state index is 11.7. The highest BCUT2D eigenvalue weighted by Gasteiger charge is 2.23. The molecule has 0 bridgehead atoms. The van der Waals surface area contributed by atoms with Gasteiger partial charge in [0, 0.05) is 24.6 Å². The number of nitrogens with zero attached hydrogens (tertiary/aromatic N) is 1. The lowest BCUT2D eigenvalue weighted by atomic mass is 10.3. The van der Waals surface area contributed by atoms with Crippen LogP contribution in [0.1, 0.15) is 12.8 Å². The fraction of sp³-hybridized carbons (Fsp3) is 1.00. The van der Waals surface area contributed by atoms with Crippen LogP contribution in [0.3, 0.4) is 0 Å². The highest BCUT2D eigenvalue weighted by molar-refractivity contribution is 7.99. The topological polar surface area (TPSA) is 63.4 Å². The Bertz CT molecular complexity index is 248. The number of hydrogen-bond donors (Lipinski definition) is 1. The van der Waals surface area contributed by atoms with Gasteiger partial charge in [0.1, 0.15) is 0 Å². The van der Waals surface area contributed by atoms with Gasteiger partial charge in [-0.15, -0.1) is 0 Å². The molecular weight excluding hydrogens is 220 g/mol. The van der Waals surface area contributed by atoms with Crippen molar-refractivity contribution in [3.63, 3.8) is 0 Å². The first-order valence-corrected chi connectivity index (χ1v) is 7.69. The maximum atomic E-state index is 11.7. The van der Waals surface area contributed by atoms with E-state index < -0.39 is 10.0 Å². The van der Waals surface area contributed by atoms with E-state index in [0.29, 0.717) is 26.1 Å². The third kappa shape index (κ3) is 3.76. The monoisotopic (exact) mass is 238 g/mol. The fourth-order valence-corrected chi connectivity index (χ4v) is 4.08. The summed E-state index contributed by atoms with van der Waals surface area (Å²) in [4.78, 5) is 0. The fourth-order valence-electron chi connectivity index (χ4n) is 1.38. The van der Waals surface area contributed by atoms with Crippen molar-refractivity contribution in [2.24, 2.45) is 5.73 Å². The first-order valence-electron chi connectivity index (χ1n) is 4.92. The molecule has 1 saturated heterocycles. The summed E-state index contributed by atoms with van der Waals surface area (Å²) in [5, 5.41) is 0. The summed E-state index contributed by atoms with van der Waals surface area (Å²) in [5.41, 5.74) is 5.32. The van der Waals surface area contributed by atoms with E-state index in [2.05, 4.69) is 0 Å². The Balaban J connectivity index is 2.38. The molecule has 1 aliphatic heterocycles. The number of nitrogens with two attached hydrogens (primary N) is 1. The average molecular weight is 238 g/mol. The number of unbranched alkanes of at least 4 members (excludes halogenated alkanes) is 1. The zero-order valence-electron chi connectivity index (χ0n) is 8.31. The molecule has 2 N–H and O–H groups in total. The quantitative estimate of drug-likeness (QED) is 0.690. The van der Waals surface area contributed by atoms with Crippen LogP contribution in [0.2, 0.25) is 0 Å². The van der Waals surface area contributed by atoms with Crippen molar-refractivity contribution >= 4 is 21.8 Å². The lowest BCUT2D eigenvalue weighted by Gasteiger charge is -2.25. The molecule has 0 aromatic rings. The van der Waals surface area contributed by atoms with Gasteiger partial charge in [0.25, 0.3) is 0 Å². The van der Waals surface area contributed by atoms with Crippen molar-refractivity contribution in [3.8, 4) is 0 Å². The summed E-state index contributed by atoms with van der Waals surface area (Å²) in [6, 6.07) is 0. The number of hydrogen-bond acceptors (Lipinski definition) is 4. The second-order valence-corrected chi connectivity index (χ2v) is 6.64. The van der Waals surface area contributed by atoms with Crippen LogP contribution in [-0.2, 0) is 10.0 Å². The molecule has 0 aromatic carbocycles. The smallest absolute Gasteiger partial charge is 0.214 e. The van der Waals surface area contributed by atoms with E-state index in [0.717, 1.165) is 17.9 Å². The molecule has 14 heavy (non-hydrogen) atoms. The standard InChI is InChI=1S/C8H18N2O2S2/c9-3-1-2-8-14(11,12)10-4-6-13-7-5-10/h1-9H2. The minimum atomic E-state index is -2.99. The molecule has 0 aliphatic carbocycles. The average Bonchev–Trinajstić information content (AvgIpc) is 2.19. The number of sulfonamides is 1. The molecule has 6 heteroatoms. The van der Waals surface area contributed by atoms with Crippen molar-refractivity contribution in [2.75, 3.05) is 36.9 Å². The zero-order valence-corrected chi connectivity index (χ0v) is 9.95. The van der Waals surface area contributed by atoms with Crippen molar-refractivity contribution in [3.05, 3.63) is 0 Å². The van der Waals surface area contributed by atoms with Crippen LogP contribution in [0.25, 0.3) is 0 Å². The van der Waals surface area contributed by atoms with Gasteiger partial charge in [-0.25, -0.2) is 12.7 Å². The molecule has 0 spiro atoms. The van der Waals surface area contributed by atoms with Crippen LogP contribution in [0, 0.1) is 0 Å². The van der Waals surface area contributed by atoms with Crippen molar-refractivity contribution in [1.82, 2.24) is 4.31 Å². The number of thioether (sulfide) groups is 1. The number of rotatable bonds is 5. The van der Waals surface area contributed by atoms with Gasteiger partial charge in [0.2, 0.25) is 10.0 Å². The second-order valence-electron chi connectivity index (χ2n) is 3.32. The molecule has 1 aliphatic rings. The summed E-state index contributed by atoms with van der Waals surface area (Å²) in [6.07, 6.45) is 1.48. The summed E-state index contributed by atoms with van der Waals surface area (Å²) in [5.74, 6) is 2.11. The molecule has 0 amide bonds. The van der Waals surface area contributed by atoms with E-state index in [9.17, 15) is 8.42 Å². The van der Waals surface area contributed by atoms with Crippen LogP contribution in [-0.4, -0.2) is 49.6 Å². The lowest BCUT2D eigenvalue weighted by molar-refractivity contribution is 0.442. The Hall–Kier alpha value is 0.220. The van der Waals surface area contributed by atoms with Gasteiger partial charge in [-0.3, -0.25) is 0 Å². The minimum Gasteiger partial charge on any atom is -0.330 e. The van der Waals surface area contributed by atoms with E-state index in [1.165, 1.54) is 0 Å². The third-order valence-corrected chi connectivity index (χ3v) is 5.12. The molecule has 1 rings (SSSR count). The summed E-state index contributed by atoms with van der Waals surface area (Å²) in [6.45, 7) is 1.93. The van der Waals surface area contributed by atoms with Crippen LogP contribution in [0.15, 0.2) is 0 Å². The van der Waals surface area contributed by atoms with Crippen LogP contribution in [0.5, 0.6) is 0 Å². The largest absolute Gasteiger partial charge is 0.330 e. The van der Waals surface area contributed by atoms with Crippen molar-refractivity contribution in [2.45, 2.75) is 12.8 Å². The highest BCUT2D eigenvalue weighted by atomic mass is 32.2. The molecule has 0 atom stereocenters. The predicted molar refractivity (Wildman–Crippen MR) is 61.0 cm³/mol. The summed E-state index contributed by atoms with van der Waals surface area (Å²) < 4.78 is 25.1. The normalized spacial score (nSPS) is 19.8. The second kappa shape index (κ2) is 5.95. The van der Waals surface area contributed by atoms with Crippen LogP contribution >= 0.6 is 11.8 Å². The molecule has 4 nitrogen and oxygen atoms in total. The van der Waals surface area contributed by atoms with E-state index in [-0.39, 0.29) is 5.75 Å². The third-order valence-electron chi connectivity index (χ3n) is 2.22. The van der Waals surface area contributed by atoms with Crippen molar-refractivity contribution in [1.29, 1.82) is 0 Å². The van der Waals surface area contributed by atoms with E-state index in [1.807, 2.05) is 11.8 Å². The van der Waals surface area contributed by atoms with Gasteiger partial charge >= 0.3 is 0 Å². The molecule has 0 radical (unpaired) electrons. The van der Waals surface area contributed by atoms with E-state index >= 15 is 0 Å². The predicted octanol–water partition coefficient (Wildman–Crippen LogP) is 0.104. The molecule has 1 heterocycles. The maximum Gasteiger partial charge on any atom is 0.214 e. The van der Waals surface area contributed by atoms with Gasteiger partial charge in [0.05, 0.1) is 5.75 Å². The molecule has 0 aromatic heterocycles.